The summed E-state index contributed by atoms with van der Waals surface area (Å²) in [6.07, 6.45) is -0.745. The van der Waals surface area contributed by atoms with Gasteiger partial charge in [-0.15, -0.1) is 12.4 Å². The number of morpholine rings is 1. The zero-order chi connectivity index (χ0) is 16.4. The van der Waals surface area contributed by atoms with Crippen molar-refractivity contribution in [2.75, 3.05) is 19.7 Å². The van der Waals surface area contributed by atoms with Crippen molar-refractivity contribution in [1.29, 1.82) is 0 Å². The Hall–Kier alpha value is -1.53. The zero-order valence-corrected chi connectivity index (χ0v) is 14.1. The Morgan fingerprint density at radius 1 is 1.17 bits per heavy atom. The quantitative estimate of drug-likeness (QED) is 0.887. The fourth-order valence-corrected chi connectivity index (χ4v) is 3.14. The summed E-state index contributed by atoms with van der Waals surface area (Å²) in [5.41, 5.74) is 0.252. The second-order valence-corrected chi connectivity index (χ2v) is 5.74. The minimum Gasteiger partial charge on any atom is -0.389 e. The van der Waals surface area contributed by atoms with Crippen molar-refractivity contribution in [2.45, 2.75) is 18.6 Å². The summed E-state index contributed by atoms with van der Waals surface area (Å²) >= 11 is 0. The van der Waals surface area contributed by atoms with Crippen molar-refractivity contribution in [3.63, 3.8) is 0 Å². The van der Waals surface area contributed by atoms with Crippen LogP contribution in [0, 0.1) is 11.6 Å². The smallest absolute Gasteiger partial charge is 0.134 e. The molecule has 2 N–H and O–H groups in total. The highest BCUT2D eigenvalue weighted by Crippen LogP contribution is 2.39. The lowest BCUT2D eigenvalue weighted by atomic mass is 9.81. The zero-order valence-electron chi connectivity index (χ0n) is 13.3. The molecule has 1 aliphatic heterocycles. The normalized spacial score (nSPS) is 21.8. The SMILES string of the molecule is CC(O)c1ccccc1C1(c2cc(F)ccc2F)CNCCO1.Cl. The van der Waals surface area contributed by atoms with Crippen molar-refractivity contribution >= 4 is 12.4 Å². The predicted octanol–water partition coefficient (Wildman–Crippen LogP) is 3.30. The minimum absolute atomic E-state index is 0. The fourth-order valence-electron chi connectivity index (χ4n) is 3.14. The van der Waals surface area contributed by atoms with E-state index in [0.717, 1.165) is 12.1 Å². The van der Waals surface area contributed by atoms with E-state index in [1.807, 2.05) is 0 Å². The van der Waals surface area contributed by atoms with Crippen LogP contribution >= 0.6 is 12.4 Å². The Morgan fingerprint density at radius 3 is 2.58 bits per heavy atom. The molecule has 0 aliphatic carbocycles. The van der Waals surface area contributed by atoms with Crippen molar-refractivity contribution < 1.29 is 18.6 Å². The molecule has 0 bridgehead atoms. The molecular formula is C18H20ClF2NO2. The van der Waals surface area contributed by atoms with E-state index in [2.05, 4.69) is 5.32 Å². The number of benzene rings is 2. The molecule has 24 heavy (non-hydrogen) atoms. The van der Waals surface area contributed by atoms with Crippen LogP contribution in [0.1, 0.15) is 29.7 Å². The summed E-state index contributed by atoms with van der Waals surface area (Å²) in [5, 5.41) is 13.3. The summed E-state index contributed by atoms with van der Waals surface area (Å²) < 4.78 is 34.2. The molecule has 0 saturated carbocycles. The van der Waals surface area contributed by atoms with E-state index in [1.54, 1.807) is 31.2 Å². The molecule has 2 aromatic rings. The van der Waals surface area contributed by atoms with E-state index in [-0.39, 0.29) is 18.0 Å². The molecule has 2 unspecified atom stereocenters. The van der Waals surface area contributed by atoms with E-state index < -0.39 is 23.3 Å². The van der Waals surface area contributed by atoms with Crippen LogP contribution in [0.3, 0.4) is 0 Å². The average Bonchev–Trinajstić information content (AvgIpc) is 2.57. The monoisotopic (exact) mass is 355 g/mol. The third kappa shape index (κ3) is 3.30. The van der Waals surface area contributed by atoms with Gasteiger partial charge in [-0.2, -0.15) is 0 Å². The van der Waals surface area contributed by atoms with Crippen LogP contribution in [-0.2, 0) is 10.3 Å². The summed E-state index contributed by atoms with van der Waals surface area (Å²) in [6, 6.07) is 10.5. The highest BCUT2D eigenvalue weighted by molar-refractivity contribution is 5.85. The lowest BCUT2D eigenvalue weighted by Crippen LogP contribution is -2.49. The summed E-state index contributed by atoms with van der Waals surface area (Å²) in [6.45, 7) is 2.95. The Labute approximate surface area is 146 Å². The third-order valence-electron chi connectivity index (χ3n) is 4.21. The molecule has 0 spiro atoms. The molecule has 6 heteroatoms. The molecule has 0 amide bonds. The third-order valence-corrected chi connectivity index (χ3v) is 4.21. The van der Waals surface area contributed by atoms with Crippen molar-refractivity contribution in [1.82, 2.24) is 5.32 Å². The molecule has 0 radical (unpaired) electrons. The second kappa shape index (κ2) is 7.57. The highest BCUT2D eigenvalue weighted by Gasteiger charge is 2.41. The van der Waals surface area contributed by atoms with Gasteiger partial charge < -0.3 is 15.2 Å². The summed E-state index contributed by atoms with van der Waals surface area (Å²) in [5.74, 6) is -1.06. The van der Waals surface area contributed by atoms with Crippen LogP contribution < -0.4 is 5.32 Å². The Balaban J connectivity index is 0.00000208. The maximum absolute atomic E-state index is 14.5. The molecule has 2 atom stereocenters. The first kappa shape index (κ1) is 18.8. The van der Waals surface area contributed by atoms with Crippen LogP contribution in [-0.4, -0.2) is 24.8 Å². The van der Waals surface area contributed by atoms with Gasteiger partial charge in [-0.25, -0.2) is 8.78 Å². The number of hydrogen-bond donors (Lipinski definition) is 2. The first-order valence-corrected chi connectivity index (χ1v) is 7.62. The molecule has 3 nitrogen and oxygen atoms in total. The van der Waals surface area contributed by atoms with Gasteiger partial charge in [0.05, 0.1) is 12.7 Å². The van der Waals surface area contributed by atoms with Gasteiger partial charge in [0, 0.05) is 18.7 Å². The Bertz CT molecular complexity index is 703. The van der Waals surface area contributed by atoms with Gasteiger partial charge in [0.25, 0.3) is 0 Å². The molecule has 1 saturated heterocycles. The maximum Gasteiger partial charge on any atom is 0.134 e. The first-order chi connectivity index (χ1) is 11.0. The molecule has 2 aromatic carbocycles. The number of ether oxygens (including phenoxy) is 1. The van der Waals surface area contributed by atoms with Gasteiger partial charge in [-0.1, -0.05) is 24.3 Å². The average molecular weight is 356 g/mol. The van der Waals surface area contributed by atoms with Gasteiger partial charge in [0.2, 0.25) is 0 Å². The minimum atomic E-state index is -1.17. The predicted molar refractivity (Wildman–Crippen MR) is 90.3 cm³/mol. The fraction of sp³-hybridized carbons (Fsp3) is 0.333. The van der Waals surface area contributed by atoms with E-state index >= 15 is 0 Å². The van der Waals surface area contributed by atoms with Crippen LogP contribution in [0.15, 0.2) is 42.5 Å². The molecule has 0 aromatic heterocycles. The van der Waals surface area contributed by atoms with Gasteiger partial charge in [-0.05, 0) is 36.2 Å². The second-order valence-electron chi connectivity index (χ2n) is 5.74. The van der Waals surface area contributed by atoms with Crippen LogP contribution in [0.4, 0.5) is 8.78 Å². The van der Waals surface area contributed by atoms with Crippen LogP contribution in [0.5, 0.6) is 0 Å². The topological polar surface area (TPSA) is 41.5 Å². The lowest BCUT2D eigenvalue weighted by molar-refractivity contribution is -0.0443. The van der Waals surface area contributed by atoms with Gasteiger partial charge in [0.1, 0.15) is 17.2 Å². The van der Waals surface area contributed by atoms with Gasteiger partial charge in [-0.3, -0.25) is 0 Å². The molecule has 1 aliphatic rings. The molecule has 130 valence electrons. The molecular weight excluding hydrogens is 336 g/mol. The number of halogens is 3. The number of aliphatic hydroxyl groups is 1. The standard InChI is InChI=1S/C18H19F2NO2.ClH/c1-12(22)14-4-2-3-5-15(14)18(11-21-8-9-23-18)16-10-13(19)6-7-17(16)20;/h2-7,10,12,21-22H,8-9,11H2,1H3;1H. The molecule has 3 rings (SSSR count). The summed E-state index contributed by atoms with van der Waals surface area (Å²) in [7, 11) is 0. The first-order valence-electron chi connectivity index (χ1n) is 7.62. The number of nitrogens with one attached hydrogen (secondary N) is 1. The van der Waals surface area contributed by atoms with Crippen molar-refractivity contribution in [3.8, 4) is 0 Å². The Kier molecular flexibility index (Phi) is 5.93. The van der Waals surface area contributed by atoms with Crippen molar-refractivity contribution in [3.05, 3.63) is 70.8 Å². The number of hydrogen-bond acceptors (Lipinski definition) is 3. The summed E-state index contributed by atoms with van der Waals surface area (Å²) in [4.78, 5) is 0. The maximum atomic E-state index is 14.5. The van der Waals surface area contributed by atoms with Gasteiger partial charge in [0.15, 0.2) is 0 Å². The lowest BCUT2D eigenvalue weighted by Gasteiger charge is -2.40. The number of aliphatic hydroxyl groups excluding tert-OH is 1. The van der Waals surface area contributed by atoms with E-state index in [4.69, 9.17) is 4.74 Å². The molecule has 1 heterocycles. The number of rotatable bonds is 3. The van der Waals surface area contributed by atoms with E-state index in [1.165, 1.54) is 6.07 Å². The van der Waals surface area contributed by atoms with Gasteiger partial charge >= 0.3 is 0 Å². The molecule has 1 fully saturated rings. The Morgan fingerprint density at radius 2 is 1.92 bits per heavy atom. The largest absolute Gasteiger partial charge is 0.389 e. The van der Waals surface area contributed by atoms with Crippen LogP contribution in [0.2, 0.25) is 0 Å². The van der Waals surface area contributed by atoms with E-state index in [9.17, 15) is 13.9 Å². The van der Waals surface area contributed by atoms with E-state index in [0.29, 0.717) is 30.8 Å². The van der Waals surface area contributed by atoms with Crippen molar-refractivity contribution in [2.24, 2.45) is 0 Å². The van der Waals surface area contributed by atoms with Crippen LogP contribution in [0.25, 0.3) is 0 Å². The highest BCUT2D eigenvalue weighted by atomic mass is 35.5.